The van der Waals surface area contributed by atoms with Crippen LogP contribution in [0.4, 0.5) is 0 Å². The van der Waals surface area contributed by atoms with Crippen molar-refractivity contribution in [2.45, 2.75) is 17.3 Å². The van der Waals surface area contributed by atoms with Gasteiger partial charge in [-0.2, -0.15) is 5.26 Å². The topological polar surface area (TPSA) is 67.9 Å². The Bertz CT molecular complexity index is 1040. The van der Waals surface area contributed by atoms with Crippen LogP contribution in [0.5, 0.6) is 5.75 Å². The maximum atomic E-state index is 13.0. The average Bonchev–Trinajstić information content (AvgIpc) is 2.62. The molecule has 3 rings (SSSR count). The lowest BCUT2D eigenvalue weighted by Gasteiger charge is -2.14. The van der Waals surface area contributed by atoms with E-state index in [0.717, 1.165) is 0 Å². The van der Waals surface area contributed by atoms with E-state index in [9.17, 15) is 4.79 Å². The number of aromatic nitrogens is 2. The Balaban J connectivity index is 2.29. The lowest BCUT2D eigenvalue weighted by Crippen LogP contribution is -2.22. The first-order valence-electron chi connectivity index (χ1n) is 7.47. The summed E-state index contributed by atoms with van der Waals surface area (Å²) in [5.74, 6) is 0.520. The number of halogens is 1. The number of ether oxygens (including phenoxy) is 1. The van der Waals surface area contributed by atoms with Crippen molar-refractivity contribution in [1.29, 1.82) is 5.26 Å². The van der Waals surface area contributed by atoms with Crippen LogP contribution >= 0.6 is 23.4 Å². The van der Waals surface area contributed by atoms with E-state index >= 15 is 0 Å². The van der Waals surface area contributed by atoms with E-state index in [2.05, 4.69) is 11.1 Å². The van der Waals surface area contributed by atoms with Crippen LogP contribution in [0, 0.1) is 11.3 Å². The summed E-state index contributed by atoms with van der Waals surface area (Å²) in [6, 6.07) is 14.4. The third kappa shape index (κ3) is 3.34. The van der Waals surface area contributed by atoms with Crippen LogP contribution in [0.15, 0.2) is 52.4 Å². The molecule has 7 heteroatoms. The molecule has 0 aliphatic rings. The second-order valence-electron chi connectivity index (χ2n) is 5.26. The average molecular weight is 372 g/mol. The molecule has 5 nitrogen and oxygen atoms in total. The molecule has 0 bridgehead atoms. The van der Waals surface area contributed by atoms with E-state index in [0.29, 0.717) is 32.5 Å². The van der Waals surface area contributed by atoms with Crippen LogP contribution < -0.4 is 10.3 Å². The number of rotatable bonds is 4. The van der Waals surface area contributed by atoms with Gasteiger partial charge in [-0.25, -0.2) is 4.98 Å². The van der Waals surface area contributed by atoms with Gasteiger partial charge in [0.2, 0.25) is 0 Å². The van der Waals surface area contributed by atoms with Crippen molar-refractivity contribution in [2.24, 2.45) is 0 Å². The first-order chi connectivity index (χ1) is 12.0. The Morgan fingerprint density at radius 1 is 1.32 bits per heavy atom. The van der Waals surface area contributed by atoms with Crippen molar-refractivity contribution in [3.8, 4) is 17.5 Å². The van der Waals surface area contributed by atoms with Crippen molar-refractivity contribution in [2.75, 3.05) is 7.11 Å². The van der Waals surface area contributed by atoms with Crippen molar-refractivity contribution in [1.82, 2.24) is 9.55 Å². The van der Waals surface area contributed by atoms with Gasteiger partial charge in [-0.3, -0.25) is 9.36 Å². The molecule has 2 aromatic carbocycles. The van der Waals surface area contributed by atoms with Gasteiger partial charge in [0, 0.05) is 0 Å². The maximum Gasteiger partial charge on any atom is 0.266 e. The van der Waals surface area contributed by atoms with Gasteiger partial charge in [0.1, 0.15) is 5.75 Å². The highest BCUT2D eigenvalue weighted by Gasteiger charge is 2.16. The molecule has 0 amide bonds. The van der Waals surface area contributed by atoms with Crippen LogP contribution in [0.3, 0.4) is 0 Å². The molecule has 0 saturated heterocycles. The van der Waals surface area contributed by atoms with Gasteiger partial charge in [0.05, 0.1) is 40.0 Å². The second kappa shape index (κ2) is 7.18. The fourth-order valence-corrected chi connectivity index (χ4v) is 3.46. The van der Waals surface area contributed by atoms with E-state index in [1.165, 1.54) is 23.4 Å². The zero-order valence-corrected chi connectivity index (χ0v) is 15.1. The van der Waals surface area contributed by atoms with E-state index in [4.69, 9.17) is 21.6 Å². The maximum absolute atomic E-state index is 13.0. The summed E-state index contributed by atoms with van der Waals surface area (Å²) in [4.78, 5) is 17.6. The molecular weight excluding hydrogens is 358 g/mol. The SMILES string of the molecule is COc1ccc(-n2c(S[C@@H](C)C#N)nc3ccccc3c2=O)cc1Cl. The molecule has 126 valence electrons. The van der Waals surface area contributed by atoms with Crippen LogP contribution in [0.25, 0.3) is 16.6 Å². The molecule has 0 aliphatic heterocycles. The molecule has 3 aromatic rings. The number of hydrogen-bond donors (Lipinski definition) is 0. The zero-order valence-electron chi connectivity index (χ0n) is 13.6. The first kappa shape index (κ1) is 17.3. The molecule has 0 radical (unpaired) electrons. The van der Waals surface area contributed by atoms with Gasteiger partial charge in [-0.1, -0.05) is 35.5 Å². The molecular formula is C18H14ClN3O2S. The Kier molecular flexibility index (Phi) is 4.98. The van der Waals surface area contributed by atoms with Crippen molar-refractivity contribution < 1.29 is 4.74 Å². The van der Waals surface area contributed by atoms with Crippen LogP contribution in [0.2, 0.25) is 5.02 Å². The van der Waals surface area contributed by atoms with Gasteiger partial charge in [0.25, 0.3) is 5.56 Å². The molecule has 1 aromatic heterocycles. The summed E-state index contributed by atoms with van der Waals surface area (Å²) >= 11 is 7.44. The van der Waals surface area contributed by atoms with E-state index < -0.39 is 0 Å². The highest BCUT2D eigenvalue weighted by atomic mass is 35.5. The minimum Gasteiger partial charge on any atom is -0.495 e. The van der Waals surface area contributed by atoms with Crippen molar-refractivity contribution in [3.05, 3.63) is 57.8 Å². The number of para-hydroxylation sites is 1. The number of benzene rings is 2. The third-order valence-corrected chi connectivity index (χ3v) is 4.84. The zero-order chi connectivity index (χ0) is 18.0. The Morgan fingerprint density at radius 2 is 2.08 bits per heavy atom. The molecule has 1 heterocycles. The lowest BCUT2D eigenvalue weighted by molar-refractivity contribution is 0.415. The Labute approximate surface area is 153 Å². The van der Waals surface area contributed by atoms with E-state index in [1.807, 2.05) is 6.07 Å². The predicted molar refractivity (Wildman–Crippen MR) is 99.8 cm³/mol. The van der Waals surface area contributed by atoms with Crippen LogP contribution in [0.1, 0.15) is 6.92 Å². The van der Waals surface area contributed by atoms with Crippen LogP contribution in [-0.2, 0) is 0 Å². The molecule has 0 aliphatic carbocycles. The molecule has 0 fully saturated rings. The summed E-state index contributed by atoms with van der Waals surface area (Å²) in [7, 11) is 1.53. The smallest absolute Gasteiger partial charge is 0.266 e. The monoisotopic (exact) mass is 371 g/mol. The summed E-state index contributed by atoms with van der Waals surface area (Å²) in [6.45, 7) is 1.76. The summed E-state index contributed by atoms with van der Waals surface area (Å²) in [5, 5.41) is 10.1. The Hall–Kier alpha value is -2.49. The Morgan fingerprint density at radius 3 is 2.76 bits per heavy atom. The number of methoxy groups -OCH3 is 1. The second-order valence-corrected chi connectivity index (χ2v) is 6.98. The normalized spacial score (nSPS) is 11.9. The van der Waals surface area contributed by atoms with E-state index in [1.54, 1.807) is 43.3 Å². The largest absolute Gasteiger partial charge is 0.495 e. The molecule has 0 N–H and O–H groups in total. The van der Waals surface area contributed by atoms with Crippen molar-refractivity contribution >= 4 is 34.3 Å². The number of fused-ring (bicyclic) bond motifs is 1. The van der Waals surface area contributed by atoms with Gasteiger partial charge in [-0.05, 0) is 37.3 Å². The van der Waals surface area contributed by atoms with Gasteiger partial charge in [0.15, 0.2) is 5.16 Å². The number of nitrogens with zero attached hydrogens (tertiary/aromatic N) is 3. The summed E-state index contributed by atoms with van der Waals surface area (Å²) < 4.78 is 6.64. The summed E-state index contributed by atoms with van der Waals surface area (Å²) in [5.41, 5.74) is 0.956. The molecule has 0 saturated carbocycles. The molecule has 0 spiro atoms. The van der Waals surface area contributed by atoms with Crippen LogP contribution in [-0.4, -0.2) is 21.9 Å². The minimum atomic E-state index is -0.354. The minimum absolute atomic E-state index is 0.209. The number of nitriles is 1. The first-order valence-corrected chi connectivity index (χ1v) is 8.73. The highest BCUT2D eigenvalue weighted by molar-refractivity contribution is 8.00. The fourth-order valence-electron chi connectivity index (χ4n) is 2.40. The van der Waals surface area contributed by atoms with E-state index in [-0.39, 0.29) is 10.8 Å². The third-order valence-electron chi connectivity index (χ3n) is 3.60. The van der Waals surface area contributed by atoms with Crippen molar-refractivity contribution in [3.63, 3.8) is 0 Å². The standard InChI is InChI=1S/C18H14ClN3O2S/c1-11(10-20)25-18-21-15-6-4-3-5-13(15)17(23)22(18)12-7-8-16(24-2)14(19)9-12/h3-9,11H,1-2H3/t11-/m0/s1. The molecule has 25 heavy (non-hydrogen) atoms. The quantitative estimate of drug-likeness (QED) is 0.511. The number of hydrogen-bond acceptors (Lipinski definition) is 5. The lowest BCUT2D eigenvalue weighted by atomic mass is 10.2. The van der Waals surface area contributed by atoms with Gasteiger partial charge >= 0.3 is 0 Å². The van der Waals surface area contributed by atoms with Gasteiger partial charge in [-0.15, -0.1) is 0 Å². The predicted octanol–water partition coefficient (Wildman–Crippen LogP) is 4.05. The molecule has 1 atom stereocenters. The summed E-state index contributed by atoms with van der Waals surface area (Å²) in [6.07, 6.45) is 0. The molecule has 0 unspecified atom stereocenters. The number of thioether (sulfide) groups is 1. The van der Waals surface area contributed by atoms with Gasteiger partial charge < -0.3 is 4.74 Å². The highest BCUT2D eigenvalue weighted by Crippen LogP contribution is 2.29. The fraction of sp³-hybridized carbons (Fsp3) is 0.167.